The number of aliphatic hydroxyl groups is 1. The minimum absolute atomic E-state index is 0.224. The second-order valence-electron chi connectivity index (χ2n) is 6.10. The minimum atomic E-state index is -0.547. The fourth-order valence-electron chi connectivity index (χ4n) is 2.75. The van der Waals surface area contributed by atoms with E-state index in [2.05, 4.69) is 17.1 Å². The van der Waals surface area contributed by atoms with Crippen molar-refractivity contribution >= 4 is 0 Å². The van der Waals surface area contributed by atoms with E-state index in [1.165, 1.54) is 0 Å². The molecule has 3 aromatic rings. The molecule has 0 saturated heterocycles. The number of benzene rings is 2. The first-order valence-electron chi connectivity index (χ1n) is 8.69. The summed E-state index contributed by atoms with van der Waals surface area (Å²) in [4.78, 5) is 4.08. The monoisotopic (exact) mass is 349 g/mol. The predicted octanol–water partition coefficient (Wildman–Crippen LogP) is 4.13. The van der Waals surface area contributed by atoms with Crippen LogP contribution < -0.4 is 9.47 Å². The van der Waals surface area contributed by atoms with Crippen LogP contribution in [0.3, 0.4) is 0 Å². The third kappa shape index (κ3) is 4.83. The number of aliphatic hydroxyl groups excluding tert-OH is 1. The van der Waals surface area contributed by atoms with Gasteiger partial charge in [-0.25, -0.2) is 0 Å². The molecule has 134 valence electrons. The number of aryl methyl sites for hydroxylation is 1. The maximum Gasteiger partial charge on any atom is 0.161 e. The molecule has 3 rings (SSSR count). The number of rotatable bonds is 8. The third-order valence-electron chi connectivity index (χ3n) is 4.19. The molecule has 4 heteroatoms. The Morgan fingerprint density at radius 3 is 2.54 bits per heavy atom. The summed E-state index contributed by atoms with van der Waals surface area (Å²) >= 11 is 0. The van der Waals surface area contributed by atoms with Gasteiger partial charge in [-0.2, -0.15) is 0 Å². The third-order valence-corrected chi connectivity index (χ3v) is 4.19. The van der Waals surface area contributed by atoms with Crippen LogP contribution >= 0.6 is 0 Å². The lowest BCUT2D eigenvalue weighted by molar-refractivity contribution is 0.0986. The van der Waals surface area contributed by atoms with E-state index in [0.717, 1.165) is 23.1 Å². The van der Waals surface area contributed by atoms with Crippen LogP contribution in [0.2, 0.25) is 0 Å². The van der Waals surface area contributed by atoms with Gasteiger partial charge in [-0.05, 0) is 47.7 Å². The van der Waals surface area contributed by atoms with Crippen LogP contribution in [0.25, 0.3) is 11.1 Å². The standard InChI is InChI=1S/C22H23NO3/c1-25-22-14-19(18-7-3-2-4-8-18)10-12-21(22)26-16-20(24)11-9-17-6-5-13-23-15-17/h2-8,10,12-15,20,24H,9,11,16H2,1H3. The van der Waals surface area contributed by atoms with Gasteiger partial charge in [0.25, 0.3) is 0 Å². The fraction of sp³-hybridized carbons (Fsp3) is 0.227. The first-order chi connectivity index (χ1) is 12.8. The fourth-order valence-corrected chi connectivity index (χ4v) is 2.75. The van der Waals surface area contributed by atoms with Crippen molar-refractivity contribution in [3.8, 4) is 22.6 Å². The highest BCUT2D eigenvalue weighted by Gasteiger charge is 2.10. The molecule has 0 aliphatic rings. The largest absolute Gasteiger partial charge is 0.493 e. The number of hydrogen-bond donors (Lipinski definition) is 1. The van der Waals surface area contributed by atoms with Crippen molar-refractivity contribution in [1.82, 2.24) is 4.98 Å². The van der Waals surface area contributed by atoms with Crippen LogP contribution in [0.5, 0.6) is 11.5 Å². The van der Waals surface area contributed by atoms with Crippen molar-refractivity contribution in [2.45, 2.75) is 18.9 Å². The van der Waals surface area contributed by atoms with Gasteiger partial charge in [-0.3, -0.25) is 4.98 Å². The molecule has 1 N–H and O–H groups in total. The smallest absolute Gasteiger partial charge is 0.161 e. The van der Waals surface area contributed by atoms with Gasteiger partial charge < -0.3 is 14.6 Å². The van der Waals surface area contributed by atoms with E-state index < -0.39 is 6.10 Å². The van der Waals surface area contributed by atoms with E-state index in [-0.39, 0.29) is 6.61 Å². The molecule has 2 aromatic carbocycles. The molecule has 0 radical (unpaired) electrons. The maximum atomic E-state index is 10.2. The zero-order valence-electron chi connectivity index (χ0n) is 14.8. The molecule has 1 heterocycles. The summed E-state index contributed by atoms with van der Waals surface area (Å²) < 4.78 is 11.2. The second-order valence-corrected chi connectivity index (χ2v) is 6.10. The van der Waals surface area contributed by atoms with Gasteiger partial charge in [-0.1, -0.05) is 42.5 Å². The Kier molecular flexibility index (Phi) is 6.23. The van der Waals surface area contributed by atoms with Crippen molar-refractivity contribution in [3.05, 3.63) is 78.6 Å². The Bertz CT molecular complexity index is 806. The molecule has 1 unspecified atom stereocenters. The Morgan fingerprint density at radius 1 is 0.962 bits per heavy atom. The summed E-state index contributed by atoms with van der Waals surface area (Å²) in [6.07, 6.45) is 4.40. The molecular formula is C22H23NO3. The minimum Gasteiger partial charge on any atom is -0.493 e. The molecule has 0 aliphatic carbocycles. The van der Waals surface area contributed by atoms with Crippen LogP contribution in [-0.2, 0) is 6.42 Å². The quantitative estimate of drug-likeness (QED) is 0.664. The summed E-state index contributed by atoms with van der Waals surface area (Å²) in [6, 6.07) is 19.8. The van der Waals surface area contributed by atoms with Crippen LogP contribution in [-0.4, -0.2) is 29.9 Å². The Morgan fingerprint density at radius 2 is 1.81 bits per heavy atom. The maximum absolute atomic E-state index is 10.2. The molecule has 0 saturated carbocycles. The molecule has 1 atom stereocenters. The zero-order chi connectivity index (χ0) is 18.2. The van der Waals surface area contributed by atoms with Gasteiger partial charge in [0.05, 0.1) is 13.2 Å². The van der Waals surface area contributed by atoms with E-state index in [4.69, 9.17) is 9.47 Å². The highest BCUT2D eigenvalue weighted by molar-refractivity contribution is 5.67. The average molecular weight is 349 g/mol. The van der Waals surface area contributed by atoms with Crippen molar-refractivity contribution in [2.75, 3.05) is 13.7 Å². The summed E-state index contributed by atoms with van der Waals surface area (Å²) in [5.41, 5.74) is 3.29. The molecular weight excluding hydrogens is 326 g/mol. The number of pyridine rings is 1. The molecule has 4 nitrogen and oxygen atoms in total. The first-order valence-corrected chi connectivity index (χ1v) is 8.69. The van der Waals surface area contributed by atoms with Gasteiger partial charge >= 0.3 is 0 Å². The van der Waals surface area contributed by atoms with Gasteiger partial charge in [0.2, 0.25) is 0 Å². The van der Waals surface area contributed by atoms with E-state index in [9.17, 15) is 5.11 Å². The van der Waals surface area contributed by atoms with Crippen molar-refractivity contribution in [1.29, 1.82) is 0 Å². The van der Waals surface area contributed by atoms with E-state index in [1.807, 2.05) is 54.7 Å². The Balaban J connectivity index is 1.59. The topological polar surface area (TPSA) is 51.6 Å². The van der Waals surface area contributed by atoms with Crippen molar-refractivity contribution < 1.29 is 14.6 Å². The second kappa shape index (κ2) is 9.02. The predicted molar refractivity (Wildman–Crippen MR) is 102 cm³/mol. The van der Waals surface area contributed by atoms with E-state index in [1.54, 1.807) is 13.3 Å². The highest BCUT2D eigenvalue weighted by atomic mass is 16.5. The number of aromatic nitrogens is 1. The SMILES string of the molecule is COc1cc(-c2ccccc2)ccc1OCC(O)CCc1cccnc1. The van der Waals surface area contributed by atoms with E-state index >= 15 is 0 Å². The number of ether oxygens (including phenoxy) is 2. The highest BCUT2D eigenvalue weighted by Crippen LogP contribution is 2.32. The van der Waals surface area contributed by atoms with Crippen LogP contribution in [0.4, 0.5) is 0 Å². The summed E-state index contributed by atoms with van der Waals surface area (Å²) in [6.45, 7) is 0.224. The lowest BCUT2D eigenvalue weighted by Gasteiger charge is -2.15. The molecule has 26 heavy (non-hydrogen) atoms. The van der Waals surface area contributed by atoms with Crippen LogP contribution in [0, 0.1) is 0 Å². The molecule has 0 amide bonds. The van der Waals surface area contributed by atoms with Gasteiger partial charge in [-0.15, -0.1) is 0 Å². The number of hydrogen-bond acceptors (Lipinski definition) is 4. The number of methoxy groups -OCH3 is 1. The van der Waals surface area contributed by atoms with Gasteiger partial charge in [0.15, 0.2) is 11.5 Å². The van der Waals surface area contributed by atoms with Gasteiger partial charge in [0, 0.05) is 12.4 Å². The Hall–Kier alpha value is -2.85. The molecule has 0 spiro atoms. The normalized spacial score (nSPS) is 11.8. The zero-order valence-corrected chi connectivity index (χ0v) is 14.8. The van der Waals surface area contributed by atoms with Crippen molar-refractivity contribution in [2.24, 2.45) is 0 Å². The van der Waals surface area contributed by atoms with E-state index in [0.29, 0.717) is 17.9 Å². The summed E-state index contributed by atoms with van der Waals surface area (Å²) in [7, 11) is 1.62. The lowest BCUT2D eigenvalue weighted by Crippen LogP contribution is -2.18. The molecule has 0 fully saturated rings. The lowest BCUT2D eigenvalue weighted by atomic mass is 10.1. The average Bonchev–Trinajstić information content (AvgIpc) is 2.72. The first kappa shape index (κ1) is 18.0. The number of nitrogens with zero attached hydrogens (tertiary/aromatic N) is 1. The van der Waals surface area contributed by atoms with Crippen molar-refractivity contribution in [3.63, 3.8) is 0 Å². The Labute approximate surface area is 154 Å². The summed E-state index contributed by atoms with van der Waals surface area (Å²) in [5.74, 6) is 1.29. The molecule has 1 aromatic heterocycles. The van der Waals surface area contributed by atoms with Gasteiger partial charge in [0.1, 0.15) is 6.61 Å². The molecule has 0 bridgehead atoms. The summed E-state index contributed by atoms with van der Waals surface area (Å²) in [5, 5.41) is 10.2. The molecule has 0 aliphatic heterocycles. The van der Waals surface area contributed by atoms with Crippen LogP contribution in [0.1, 0.15) is 12.0 Å². The van der Waals surface area contributed by atoms with Crippen LogP contribution in [0.15, 0.2) is 73.1 Å².